The van der Waals surface area contributed by atoms with E-state index in [0.29, 0.717) is 17.7 Å². The predicted molar refractivity (Wildman–Crippen MR) is 69.9 cm³/mol. The van der Waals surface area contributed by atoms with E-state index in [4.69, 9.17) is 4.74 Å². The summed E-state index contributed by atoms with van der Waals surface area (Å²) in [5.74, 6) is 0. The summed E-state index contributed by atoms with van der Waals surface area (Å²) in [6, 6.07) is 4.93. The monoisotopic (exact) mass is 299 g/mol. The van der Waals surface area contributed by atoms with Gasteiger partial charge in [-0.2, -0.15) is 0 Å². The molecule has 5 heteroatoms. The van der Waals surface area contributed by atoms with E-state index in [0.717, 1.165) is 18.4 Å². The summed E-state index contributed by atoms with van der Waals surface area (Å²) in [6.45, 7) is 4.62. The van der Waals surface area contributed by atoms with Gasteiger partial charge in [-0.25, -0.2) is 0 Å². The highest BCUT2D eigenvalue weighted by atomic mass is 79.9. The lowest BCUT2D eigenvalue weighted by Gasteiger charge is -2.06. The Hall–Kier alpha value is -1.20. The number of nitrogens with zero attached hydrogens (tertiary/aromatic N) is 1. The summed E-state index contributed by atoms with van der Waals surface area (Å²) in [7, 11) is 0. The van der Waals surface area contributed by atoms with Crippen molar-refractivity contribution in [2.75, 3.05) is 6.61 Å². The van der Waals surface area contributed by atoms with Crippen molar-refractivity contribution in [2.24, 2.45) is 0 Å². The topological polar surface area (TPSA) is 52.4 Å². The number of nitro benzene ring substituents is 1. The number of rotatable bonds is 7. The Kier molecular flexibility index (Phi) is 5.86. The quantitative estimate of drug-likeness (QED) is 0.333. The molecule has 0 amide bonds. The Morgan fingerprint density at radius 1 is 1.53 bits per heavy atom. The van der Waals surface area contributed by atoms with Gasteiger partial charge in [0, 0.05) is 12.7 Å². The van der Waals surface area contributed by atoms with Crippen LogP contribution in [0.25, 0.3) is 0 Å². The van der Waals surface area contributed by atoms with Crippen molar-refractivity contribution in [3.05, 3.63) is 51.0 Å². The molecule has 1 rings (SSSR count). The summed E-state index contributed by atoms with van der Waals surface area (Å²) in [6.07, 6.45) is 3.67. The van der Waals surface area contributed by atoms with Crippen molar-refractivity contribution in [1.29, 1.82) is 0 Å². The number of unbranched alkanes of at least 4 members (excludes halogenated alkanes) is 1. The van der Waals surface area contributed by atoms with Gasteiger partial charge in [-0.05, 0) is 34.3 Å². The van der Waals surface area contributed by atoms with E-state index in [9.17, 15) is 10.1 Å². The second-order valence-corrected chi connectivity index (χ2v) is 4.28. The first-order valence-corrected chi connectivity index (χ1v) is 6.06. The van der Waals surface area contributed by atoms with Gasteiger partial charge in [-0.15, -0.1) is 6.58 Å². The third kappa shape index (κ3) is 4.28. The van der Waals surface area contributed by atoms with E-state index >= 15 is 0 Å². The fourth-order valence-corrected chi connectivity index (χ4v) is 1.85. The molecule has 0 aliphatic heterocycles. The van der Waals surface area contributed by atoms with Crippen LogP contribution in [0, 0.1) is 10.1 Å². The van der Waals surface area contributed by atoms with E-state index in [2.05, 4.69) is 22.5 Å². The van der Waals surface area contributed by atoms with E-state index in [1.165, 1.54) is 6.07 Å². The average Bonchev–Trinajstić information content (AvgIpc) is 2.30. The smallest absolute Gasteiger partial charge is 0.283 e. The molecule has 0 spiro atoms. The largest absolute Gasteiger partial charge is 0.377 e. The van der Waals surface area contributed by atoms with Gasteiger partial charge in [0.05, 0.1) is 11.5 Å². The maximum atomic E-state index is 10.7. The Balaban J connectivity index is 2.56. The normalized spacial score (nSPS) is 10.2. The molecule has 0 fully saturated rings. The number of halogens is 1. The molecule has 0 N–H and O–H groups in total. The highest BCUT2D eigenvalue weighted by Gasteiger charge is 2.14. The summed E-state index contributed by atoms with van der Waals surface area (Å²) < 4.78 is 5.93. The third-order valence-corrected chi connectivity index (χ3v) is 3.13. The molecule has 1 aromatic rings. The van der Waals surface area contributed by atoms with Crippen LogP contribution in [0.5, 0.6) is 0 Å². The minimum Gasteiger partial charge on any atom is -0.377 e. The molecule has 0 aliphatic rings. The van der Waals surface area contributed by atoms with Crippen molar-refractivity contribution in [1.82, 2.24) is 0 Å². The molecular formula is C12H14BrNO3. The van der Waals surface area contributed by atoms with Gasteiger partial charge in [-0.3, -0.25) is 10.1 Å². The van der Waals surface area contributed by atoms with Gasteiger partial charge >= 0.3 is 0 Å². The molecule has 0 heterocycles. The summed E-state index contributed by atoms with van der Waals surface area (Å²) >= 11 is 3.23. The van der Waals surface area contributed by atoms with Crippen LogP contribution in [0.3, 0.4) is 0 Å². The summed E-state index contributed by atoms with van der Waals surface area (Å²) in [5.41, 5.74) is 0.856. The van der Waals surface area contributed by atoms with Crippen LogP contribution < -0.4 is 0 Å². The van der Waals surface area contributed by atoms with Gasteiger partial charge in [0.15, 0.2) is 0 Å². The zero-order valence-corrected chi connectivity index (χ0v) is 11.0. The number of benzene rings is 1. The minimum atomic E-state index is -0.411. The molecule has 0 atom stereocenters. The molecule has 0 radical (unpaired) electrons. The van der Waals surface area contributed by atoms with E-state index in [1.54, 1.807) is 6.07 Å². The zero-order chi connectivity index (χ0) is 12.7. The van der Waals surface area contributed by atoms with Crippen LogP contribution in [-0.2, 0) is 11.3 Å². The molecule has 1 aromatic carbocycles. The fraction of sp³-hybridized carbons (Fsp3) is 0.333. The molecule has 92 valence electrons. The summed E-state index contributed by atoms with van der Waals surface area (Å²) in [5, 5.41) is 10.7. The van der Waals surface area contributed by atoms with Gasteiger partial charge in [-0.1, -0.05) is 18.2 Å². The molecular weight excluding hydrogens is 286 g/mol. The van der Waals surface area contributed by atoms with Crippen molar-refractivity contribution >= 4 is 21.6 Å². The lowest BCUT2D eigenvalue weighted by molar-refractivity contribution is -0.385. The lowest BCUT2D eigenvalue weighted by Crippen LogP contribution is -1.98. The number of ether oxygens (including phenoxy) is 1. The SMILES string of the molecule is C=CCCCOCc1cccc([N+](=O)[O-])c1Br. The molecule has 0 unspecified atom stereocenters. The highest BCUT2D eigenvalue weighted by Crippen LogP contribution is 2.28. The first kappa shape index (κ1) is 13.9. The van der Waals surface area contributed by atoms with Crippen molar-refractivity contribution in [3.63, 3.8) is 0 Å². The number of allylic oxidation sites excluding steroid dienone is 1. The average molecular weight is 300 g/mol. The Labute approximate surface area is 109 Å². The number of hydrogen-bond donors (Lipinski definition) is 0. The Morgan fingerprint density at radius 3 is 2.94 bits per heavy atom. The molecule has 0 saturated carbocycles. The standard InChI is InChI=1S/C12H14BrNO3/c1-2-3-4-8-17-9-10-6-5-7-11(12(10)13)14(15)16/h2,5-7H,1,3-4,8-9H2. The third-order valence-electron chi connectivity index (χ3n) is 2.21. The van der Waals surface area contributed by atoms with Crippen molar-refractivity contribution < 1.29 is 9.66 Å². The number of hydrogen-bond acceptors (Lipinski definition) is 3. The molecule has 17 heavy (non-hydrogen) atoms. The maximum Gasteiger partial charge on any atom is 0.283 e. The minimum absolute atomic E-state index is 0.0668. The molecule has 0 aliphatic carbocycles. The second-order valence-electron chi connectivity index (χ2n) is 3.49. The van der Waals surface area contributed by atoms with Crippen LogP contribution >= 0.6 is 15.9 Å². The number of nitro groups is 1. The van der Waals surface area contributed by atoms with E-state index in [1.807, 2.05) is 12.1 Å². The lowest BCUT2D eigenvalue weighted by atomic mass is 10.2. The fourth-order valence-electron chi connectivity index (χ4n) is 1.33. The highest BCUT2D eigenvalue weighted by molar-refractivity contribution is 9.10. The van der Waals surface area contributed by atoms with Crippen molar-refractivity contribution in [3.8, 4) is 0 Å². The molecule has 0 bridgehead atoms. The van der Waals surface area contributed by atoms with Crippen LogP contribution in [-0.4, -0.2) is 11.5 Å². The van der Waals surface area contributed by atoms with Crippen LogP contribution in [0.4, 0.5) is 5.69 Å². The van der Waals surface area contributed by atoms with Crippen LogP contribution in [0.2, 0.25) is 0 Å². The first-order valence-electron chi connectivity index (χ1n) is 5.27. The van der Waals surface area contributed by atoms with Crippen LogP contribution in [0.1, 0.15) is 18.4 Å². The van der Waals surface area contributed by atoms with Gasteiger partial charge < -0.3 is 4.74 Å². The van der Waals surface area contributed by atoms with Gasteiger partial charge in [0.2, 0.25) is 0 Å². The predicted octanol–water partition coefficient (Wildman–Crippen LogP) is 3.84. The molecule has 0 aromatic heterocycles. The molecule has 0 saturated heterocycles. The maximum absolute atomic E-state index is 10.7. The zero-order valence-electron chi connectivity index (χ0n) is 9.39. The molecule has 4 nitrogen and oxygen atoms in total. The van der Waals surface area contributed by atoms with Gasteiger partial charge in [0.25, 0.3) is 5.69 Å². The first-order chi connectivity index (χ1) is 8.16. The van der Waals surface area contributed by atoms with Crippen molar-refractivity contribution in [2.45, 2.75) is 19.4 Å². The Bertz CT molecular complexity index is 407. The summed E-state index contributed by atoms with van der Waals surface area (Å²) in [4.78, 5) is 10.3. The van der Waals surface area contributed by atoms with E-state index in [-0.39, 0.29) is 5.69 Å². The second kappa shape index (κ2) is 7.19. The van der Waals surface area contributed by atoms with E-state index < -0.39 is 4.92 Å². The van der Waals surface area contributed by atoms with Crippen LogP contribution in [0.15, 0.2) is 35.3 Å². The Morgan fingerprint density at radius 2 is 2.29 bits per heavy atom. The van der Waals surface area contributed by atoms with Gasteiger partial charge in [0.1, 0.15) is 4.47 Å².